The summed E-state index contributed by atoms with van der Waals surface area (Å²) in [5.74, 6) is 2.69. The Morgan fingerprint density at radius 2 is 1.92 bits per heavy atom. The molecular formula is C17H23N7O. The van der Waals surface area contributed by atoms with Gasteiger partial charge in [0.1, 0.15) is 17.9 Å². The smallest absolute Gasteiger partial charge is 0.208 e. The molecule has 0 N–H and O–H groups in total. The molecule has 1 saturated heterocycles. The van der Waals surface area contributed by atoms with Crippen molar-refractivity contribution in [2.75, 3.05) is 31.1 Å². The van der Waals surface area contributed by atoms with Crippen LogP contribution >= 0.6 is 0 Å². The quantitative estimate of drug-likeness (QED) is 0.718. The van der Waals surface area contributed by atoms with Crippen molar-refractivity contribution >= 4 is 11.5 Å². The van der Waals surface area contributed by atoms with E-state index in [9.17, 15) is 0 Å². The van der Waals surface area contributed by atoms with Gasteiger partial charge < -0.3 is 9.32 Å². The molecule has 0 saturated carbocycles. The van der Waals surface area contributed by atoms with Gasteiger partial charge in [-0.2, -0.15) is 4.52 Å². The first-order chi connectivity index (χ1) is 12.0. The Hall–Kier alpha value is -2.48. The zero-order valence-corrected chi connectivity index (χ0v) is 14.9. The van der Waals surface area contributed by atoms with Crippen LogP contribution in [0.2, 0.25) is 0 Å². The molecule has 1 aliphatic rings. The molecule has 0 atom stereocenters. The third kappa shape index (κ3) is 3.34. The topological polar surface area (TPSA) is 75.6 Å². The van der Waals surface area contributed by atoms with Gasteiger partial charge in [-0.3, -0.25) is 4.90 Å². The van der Waals surface area contributed by atoms with Gasteiger partial charge >= 0.3 is 0 Å². The number of hydrogen-bond acceptors (Lipinski definition) is 7. The van der Waals surface area contributed by atoms with Crippen LogP contribution in [0.5, 0.6) is 0 Å². The number of nitrogens with zero attached hydrogens (tertiary/aromatic N) is 7. The Morgan fingerprint density at radius 1 is 1.12 bits per heavy atom. The first kappa shape index (κ1) is 16.0. The first-order valence-electron chi connectivity index (χ1n) is 8.58. The molecule has 4 heterocycles. The Morgan fingerprint density at radius 3 is 2.64 bits per heavy atom. The van der Waals surface area contributed by atoms with Gasteiger partial charge in [-0.15, -0.1) is 15.3 Å². The summed E-state index contributed by atoms with van der Waals surface area (Å²) in [5.41, 5.74) is 0.761. The fraction of sp³-hybridized carbons (Fsp3) is 0.529. The maximum atomic E-state index is 5.91. The van der Waals surface area contributed by atoms with Gasteiger partial charge in [-0.1, -0.05) is 20.8 Å². The normalized spacial score (nSPS) is 16.7. The molecule has 0 aliphatic carbocycles. The molecule has 0 unspecified atom stereocenters. The summed E-state index contributed by atoms with van der Waals surface area (Å²) in [6, 6.07) is 3.95. The molecule has 1 aliphatic heterocycles. The Kier molecular flexibility index (Phi) is 3.91. The lowest BCUT2D eigenvalue weighted by molar-refractivity contribution is 0.220. The predicted molar refractivity (Wildman–Crippen MR) is 93.5 cm³/mol. The van der Waals surface area contributed by atoms with E-state index in [-0.39, 0.29) is 5.41 Å². The summed E-state index contributed by atoms with van der Waals surface area (Å²) < 4.78 is 7.62. The van der Waals surface area contributed by atoms with Crippen LogP contribution in [0.15, 0.2) is 29.1 Å². The lowest BCUT2D eigenvalue weighted by Gasteiger charge is -2.34. The molecule has 3 aromatic heterocycles. The lowest BCUT2D eigenvalue weighted by atomic mass is 9.94. The standard InChI is InChI=1S/C17H23N7O/c1-17(2,3)13-10-18-16(25-13)11-22-6-8-23(9-7-22)15-5-4-14-20-19-12-24(14)21-15/h4-5,10,12H,6-9,11H2,1-3H3. The average molecular weight is 341 g/mol. The third-order valence-corrected chi connectivity index (χ3v) is 4.50. The molecule has 1 fully saturated rings. The molecule has 0 radical (unpaired) electrons. The second-order valence-electron chi connectivity index (χ2n) is 7.46. The largest absolute Gasteiger partial charge is 0.444 e. The first-order valence-corrected chi connectivity index (χ1v) is 8.58. The van der Waals surface area contributed by atoms with Crippen molar-refractivity contribution in [1.82, 2.24) is 29.7 Å². The lowest BCUT2D eigenvalue weighted by Crippen LogP contribution is -2.46. The average Bonchev–Trinajstić information content (AvgIpc) is 3.23. The van der Waals surface area contributed by atoms with E-state index in [1.165, 1.54) is 0 Å². The number of anilines is 1. The molecular weight excluding hydrogens is 318 g/mol. The second-order valence-corrected chi connectivity index (χ2v) is 7.46. The zero-order chi connectivity index (χ0) is 17.4. The highest BCUT2D eigenvalue weighted by molar-refractivity contribution is 5.45. The maximum Gasteiger partial charge on any atom is 0.208 e. The molecule has 132 valence electrons. The maximum absolute atomic E-state index is 5.91. The van der Waals surface area contributed by atoms with E-state index in [0.29, 0.717) is 0 Å². The van der Waals surface area contributed by atoms with Crippen molar-refractivity contribution < 1.29 is 4.42 Å². The molecule has 25 heavy (non-hydrogen) atoms. The highest BCUT2D eigenvalue weighted by Gasteiger charge is 2.22. The molecule has 0 spiro atoms. The highest BCUT2D eigenvalue weighted by Crippen LogP contribution is 2.23. The molecule has 4 rings (SSSR count). The molecule has 0 bridgehead atoms. The van der Waals surface area contributed by atoms with Crippen LogP contribution in [-0.2, 0) is 12.0 Å². The van der Waals surface area contributed by atoms with Crippen LogP contribution in [0.25, 0.3) is 5.65 Å². The van der Waals surface area contributed by atoms with E-state index in [0.717, 1.165) is 55.8 Å². The van der Waals surface area contributed by atoms with Crippen molar-refractivity contribution in [3.8, 4) is 0 Å². The monoisotopic (exact) mass is 341 g/mol. The third-order valence-electron chi connectivity index (χ3n) is 4.50. The summed E-state index contributed by atoms with van der Waals surface area (Å²) in [5, 5.41) is 12.4. The van der Waals surface area contributed by atoms with Gasteiger partial charge in [0, 0.05) is 31.6 Å². The van der Waals surface area contributed by atoms with E-state index in [1.54, 1.807) is 10.8 Å². The van der Waals surface area contributed by atoms with Gasteiger partial charge in [-0.05, 0) is 12.1 Å². The van der Waals surface area contributed by atoms with Crippen LogP contribution in [0.4, 0.5) is 5.82 Å². The van der Waals surface area contributed by atoms with Gasteiger partial charge in [0.25, 0.3) is 0 Å². The number of hydrogen-bond donors (Lipinski definition) is 0. The Balaban J connectivity index is 1.37. The van der Waals surface area contributed by atoms with Crippen molar-refractivity contribution in [3.63, 3.8) is 0 Å². The fourth-order valence-corrected chi connectivity index (χ4v) is 2.94. The summed E-state index contributed by atoms with van der Waals surface area (Å²) in [6.45, 7) is 10.9. The predicted octanol–water partition coefficient (Wildman–Crippen LogP) is 1.73. The number of piperazine rings is 1. The zero-order valence-electron chi connectivity index (χ0n) is 14.9. The van der Waals surface area contributed by atoms with E-state index in [1.807, 2.05) is 18.3 Å². The Bertz CT molecular complexity index is 855. The van der Waals surface area contributed by atoms with Crippen LogP contribution < -0.4 is 4.90 Å². The molecule has 0 aromatic carbocycles. The van der Waals surface area contributed by atoms with Crippen molar-refractivity contribution in [1.29, 1.82) is 0 Å². The molecule has 8 heteroatoms. The minimum absolute atomic E-state index is 0.00353. The van der Waals surface area contributed by atoms with E-state index >= 15 is 0 Å². The minimum atomic E-state index is -0.00353. The summed E-state index contributed by atoms with van der Waals surface area (Å²) in [4.78, 5) is 9.08. The van der Waals surface area contributed by atoms with Crippen LogP contribution in [-0.4, -0.2) is 55.9 Å². The van der Waals surface area contributed by atoms with Gasteiger partial charge in [0.05, 0.1) is 12.7 Å². The number of rotatable bonds is 3. The summed E-state index contributed by atoms with van der Waals surface area (Å²) in [7, 11) is 0. The number of oxazole rings is 1. The van der Waals surface area contributed by atoms with Gasteiger partial charge in [0.2, 0.25) is 5.89 Å². The Labute approximate surface area is 146 Å². The fourth-order valence-electron chi connectivity index (χ4n) is 2.94. The van der Waals surface area contributed by atoms with Gasteiger partial charge in [-0.25, -0.2) is 4.98 Å². The van der Waals surface area contributed by atoms with Crippen molar-refractivity contribution in [3.05, 3.63) is 36.3 Å². The van der Waals surface area contributed by atoms with Crippen molar-refractivity contribution in [2.24, 2.45) is 0 Å². The van der Waals surface area contributed by atoms with E-state index in [4.69, 9.17) is 4.42 Å². The molecule has 8 nitrogen and oxygen atoms in total. The van der Waals surface area contributed by atoms with Crippen LogP contribution in [0.3, 0.4) is 0 Å². The van der Waals surface area contributed by atoms with Crippen LogP contribution in [0, 0.1) is 0 Å². The second kappa shape index (κ2) is 6.11. The summed E-state index contributed by atoms with van der Waals surface area (Å²) in [6.07, 6.45) is 3.48. The SMILES string of the molecule is CC(C)(C)c1cnc(CN2CCN(c3ccc4nncn4n3)CC2)o1. The number of fused-ring (bicyclic) bond motifs is 1. The summed E-state index contributed by atoms with van der Waals surface area (Å²) >= 11 is 0. The van der Waals surface area contributed by atoms with Gasteiger partial charge in [0.15, 0.2) is 5.65 Å². The molecule has 0 amide bonds. The number of aromatic nitrogens is 5. The van der Waals surface area contributed by atoms with E-state index in [2.05, 4.69) is 50.9 Å². The van der Waals surface area contributed by atoms with E-state index < -0.39 is 0 Å². The van der Waals surface area contributed by atoms with Crippen LogP contribution in [0.1, 0.15) is 32.4 Å². The minimum Gasteiger partial charge on any atom is -0.444 e. The highest BCUT2D eigenvalue weighted by atomic mass is 16.4. The van der Waals surface area contributed by atoms with Crippen molar-refractivity contribution in [2.45, 2.75) is 32.7 Å². The molecule has 3 aromatic rings.